The predicted molar refractivity (Wildman–Crippen MR) is 69.1 cm³/mol. The van der Waals surface area contributed by atoms with Gasteiger partial charge in [0.1, 0.15) is 6.54 Å². The largest absolute Gasteiger partial charge is 0.359 e. The van der Waals surface area contributed by atoms with E-state index in [9.17, 15) is 0 Å². The molecule has 0 aliphatic carbocycles. The monoisotopic (exact) mass is 248 g/mol. The summed E-state index contributed by atoms with van der Waals surface area (Å²) < 4.78 is 7.13. The molecule has 0 radical (unpaired) electrons. The molecule has 2 aromatic heterocycles. The molecule has 0 aliphatic heterocycles. The first-order valence-electron chi connectivity index (χ1n) is 6.28. The van der Waals surface area contributed by atoms with Gasteiger partial charge in [-0.05, 0) is 25.5 Å². The fourth-order valence-corrected chi connectivity index (χ4v) is 1.71. The molecule has 5 nitrogen and oxygen atoms in total. The summed E-state index contributed by atoms with van der Waals surface area (Å²) in [7, 11) is 0. The van der Waals surface area contributed by atoms with Gasteiger partial charge in [-0.15, -0.1) is 0 Å². The summed E-state index contributed by atoms with van der Waals surface area (Å²) in [6.07, 6.45) is 1.94. The van der Waals surface area contributed by atoms with Gasteiger partial charge in [0, 0.05) is 18.8 Å². The Morgan fingerprint density at radius 3 is 2.94 bits per heavy atom. The molecule has 0 bridgehead atoms. The third-order valence-corrected chi connectivity index (χ3v) is 2.56. The van der Waals surface area contributed by atoms with Crippen LogP contribution in [0.25, 0.3) is 0 Å². The quantitative estimate of drug-likeness (QED) is 0.849. The molecule has 2 aromatic rings. The number of nitrogens with zero attached hydrogens (tertiary/aromatic N) is 3. The summed E-state index contributed by atoms with van der Waals surface area (Å²) >= 11 is 0. The van der Waals surface area contributed by atoms with Crippen molar-refractivity contribution in [1.82, 2.24) is 20.3 Å². The average Bonchev–Trinajstić information content (AvgIpc) is 2.89. The Hall–Kier alpha value is -1.62. The van der Waals surface area contributed by atoms with Crippen LogP contribution in [0.1, 0.15) is 31.0 Å². The van der Waals surface area contributed by atoms with Crippen molar-refractivity contribution in [1.29, 1.82) is 0 Å². The van der Waals surface area contributed by atoms with Gasteiger partial charge in [0.25, 0.3) is 0 Å². The summed E-state index contributed by atoms with van der Waals surface area (Å²) in [4.78, 5) is 0. The van der Waals surface area contributed by atoms with Crippen LogP contribution in [0.2, 0.25) is 0 Å². The first-order chi connectivity index (χ1) is 8.63. The summed E-state index contributed by atoms with van der Waals surface area (Å²) in [5, 5.41) is 11.7. The van der Waals surface area contributed by atoms with E-state index in [0.29, 0.717) is 12.5 Å². The van der Waals surface area contributed by atoms with Crippen molar-refractivity contribution in [2.45, 2.75) is 33.9 Å². The Bertz CT molecular complexity index is 487. The van der Waals surface area contributed by atoms with Crippen LogP contribution >= 0.6 is 0 Å². The molecule has 0 spiro atoms. The fourth-order valence-electron chi connectivity index (χ4n) is 1.71. The predicted octanol–water partition coefficient (Wildman–Crippen LogP) is 1.97. The van der Waals surface area contributed by atoms with E-state index in [4.69, 9.17) is 4.52 Å². The van der Waals surface area contributed by atoms with Gasteiger partial charge in [0.05, 0.1) is 11.4 Å². The van der Waals surface area contributed by atoms with Crippen LogP contribution in [0.4, 0.5) is 0 Å². The highest BCUT2D eigenvalue weighted by atomic mass is 16.5. The number of rotatable bonds is 6. The lowest BCUT2D eigenvalue weighted by atomic mass is 10.2. The third-order valence-electron chi connectivity index (χ3n) is 2.56. The summed E-state index contributed by atoms with van der Waals surface area (Å²) in [6, 6.07) is 3.95. The van der Waals surface area contributed by atoms with E-state index < -0.39 is 0 Å². The van der Waals surface area contributed by atoms with Gasteiger partial charge in [-0.2, -0.15) is 5.10 Å². The number of aryl methyl sites for hydroxylation is 1. The molecule has 2 heterocycles. The summed E-state index contributed by atoms with van der Waals surface area (Å²) in [5.74, 6) is 1.47. The molecule has 2 rings (SSSR count). The molecule has 0 aromatic carbocycles. The minimum atomic E-state index is 0.630. The van der Waals surface area contributed by atoms with Crippen LogP contribution in [-0.2, 0) is 13.1 Å². The highest BCUT2D eigenvalue weighted by Gasteiger charge is 2.05. The van der Waals surface area contributed by atoms with Gasteiger partial charge >= 0.3 is 0 Å². The Morgan fingerprint density at radius 1 is 1.44 bits per heavy atom. The van der Waals surface area contributed by atoms with E-state index >= 15 is 0 Å². The number of nitrogens with one attached hydrogen (secondary N) is 1. The molecular formula is C13H20N4O. The van der Waals surface area contributed by atoms with Gasteiger partial charge in [-0.3, -0.25) is 4.68 Å². The van der Waals surface area contributed by atoms with Gasteiger partial charge < -0.3 is 9.84 Å². The van der Waals surface area contributed by atoms with E-state index in [-0.39, 0.29) is 0 Å². The summed E-state index contributed by atoms with van der Waals surface area (Å²) in [5.41, 5.74) is 1.95. The molecule has 0 saturated heterocycles. The Balaban J connectivity index is 1.86. The van der Waals surface area contributed by atoms with E-state index in [2.05, 4.69) is 29.4 Å². The molecule has 5 heteroatoms. The second-order valence-corrected chi connectivity index (χ2v) is 4.96. The zero-order valence-electron chi connectivity index (χ0n) is 11.2. The lowest BCUT2D eigenvalue weighted by molar-refractivity contribution is 0.363. The molecule has 98 valence electrons. The molecule has 0 aliphatic rings. The van der Waals surface area contributed by atoms with Crippen LogP contribution in [0, 0.1) is 12.8 Å². The van der Waals surface area contributed by atoms with Crippen LogP contribution in [0.3, 0.4) is 0 Å². The van der Waals surface area contributed by atoms with Gasteiger partial charge in [-0.1, -0.05) is 19.0 Å². The molecule has 0 atom stereocenters. The van der Waals surface area contributed by atoms with Crippen molar-refractivity contribution in [3.05, 3.63) is 35.5 Å². The number of aromatic nitrogens is 3. The smallest absolute Gasteiger partial charge is 0.158 e. The molecule has 18 heavy (non-hydrogen) atoms. The lowest BCUT2D eigenvalue weighted by Gasteiger charge is -2.04. The lowest BCUT2D eigenvalue weighted by Crippen LogP contribution is -2.19. The zero-order valence-corrected chi connectivity index (χ0v) is 11.2. The van der Waals surface area contributed by atoms with Crippen LogP contribution in [-0.4, -0.2) is 21.5 Å². The number of hydrogen-bond acceptors (Lipinski definition) is 4. The van der Waals surface area contributed by atoms with Gasteiger partial charge in [0.2, 0.25) is 0 Å². The molecule has 0 unspecified atom stereocenters. The SMILES string of the molecule is Cc1ccn(Cc2cc(CNCC(C)C)no2)n1. The van der Waals surface area contributed by atoms with E-state index in [1.54, 1.807) is 0 Å². The maximum Gasteiger partial charge on any atom is 0.158 e. The molecule has 0 amide bonds. The third kappa shape index (κ3) is 3.70. The fraction of sp³-hybridized carbons (Fsp3) is 0.538. The van der Waals surface area contributed by atoms with Gasteiger partial charge in [-0.25, -0.2) is 0 Å². The highest BCUT2D eigenvalue weighted by Crippen LogP contribution is 2.06. The minimum absolute atomic E-state index is 0.630. The Morgan fingerprint density at radius 2 is 2.28 bits per heavy atom. The molecule has 0 saturated carbocycles. The van der Waals surface area contributed by atoms with Crippen LogP contribution in [0.5, 0.6) is 0 Å². The Labute approximate surface area is 107 Å². The Kier molecular flexibility index (Phi) is 4.15. The normalized spacial score (nSPS) is 11.3. The molecular weight excluding hydrogens is 228 g/mol. The first kappa shape index (κ1) is 12.8. The maximum atomic E-state index is 5.28. The van der Waals surface area contributed by atoms with Crippen molar-refractivity contribution in [3.8, 4) is 0 Å². The van der Waals surface area contributed by atoms with E-state index in [0.717, 1.165) is 30.2 Å². The minimum Gasteiger partial charge on any atom is -0.359 e. The van der Waals surface area contributed by atoms with Crippen LogP contribution in [0.15, 0.2) is 22.9 Å². The van der Waals surface area contributed by atoms with Crippen molar-refractivity contribution in [2.75, 3.05) is 6.54 Å². The van der Waals surface area contributed by atoms with Crippen molar-refractivity contribution >= 4 is 0 Å². The van der Waals surface area contributed by atoms with Crippen LogP contribution < -0.4 is 5.32 Å². The molecule has 0 fully saturated rings. The van der Waals surface area contributed by atoms with E-state index in [1.807, 2.05) is 29.9 Å². The topological polar surface area (TPSA) is 55.9 Å². The first-order valence-corrected chi connectivity index (χ1v) is 6.28. The zero-order chi connectivity index (χ0) is 13.0. The second kappa shape index (κ2) is 5.82. The van der Waals surface area contributed by atoms with Crippen molar-refractivity contribution < 1.29 is 4.52 Å². The molecule has 1 N–H and O–H groups in total. The standard InChI is InChI=1S/C13H20N4O/c1-10(2)7-14-8-12-6-13(18-16-12)9-17-5-4-11(3)15-17/h4-6,10,14H,7-9H2,1-3H3. The van der Waals surface area contributed by atoms with Crippen molar-refractivity contribution in [2.24, 2.45) is 5.92 Å². The maximum absolute atomic E-state index is 5.28. The summed E-state index contributed by atoms with van der Waals surface area (Å²) in [6.45, 7) is 8.70. The van der Waals surface area contributed by atoms with Crippen molar-refractivity contribution in [3.63, 3.8) is 0 Å². The van der Waals surface area contributed by atoms with Gasteiger partial charge in [0.15, 0.2) is 5.76 Å². The average molecular weight is 248 g/mol. The van der Waals surface area contributed by atoms with E-state index in [1.165, 1.54) is 0 Å². The second-order valence-electron chi connectivity index (χ2n) is 4.96. The highest BCUT2D eigenvalue weighted by molar-refractivity contribution is 5.06. The number of hydrogen-bond donors (Lipinski definition) is 1.